The van der Waals surface area contributed by atoms with Crippen LogP contribution in [0.2, 0.25) is 0 Å². The third kappa shape index (κ3) is 31.0. The van der Waals surface area contributed by atoms with Gasteiger partial charge in [-0.3, -0.25) is 19.2 Å². The topological polar surface area (TPSA) is 127 Å². The van der Waals surface area contributed by atoms with Gasteiger partial charge in [0, 0.05) is 49.7 Å². The van der Waals surface area contributed by atoms with E-state index in [4.69, 9.17) is 9.47 Å². The number of Topliss-reactive ketones (excluding diaryl/α,β-unsaturated/α-hetero) is 4. The first-order chi connectivity index (χ1) is 43.7. The van der Waals surface area contributed by atoms with Crippen LogP contribution in [0.5, 0.6) is 23.0 Å². The van der Waals surface area contributed by atoms with E-state index in [1.165, 1.54) is 90.8 Å². The van der Waals surface area contributed by atoms with Crippen molar-refractivity contribution in [2.75, 3.05) is 53.5 Å². The van der Waals surface area contributed by atoms with E-state index in [1.807, 2.05) is 24.3 Å². The number of aryl methyl sites for hydroxylation is 6. The zero-order chi connectivity index (χ0) is 67.0. The summed E-state index contributed by atoms with van der Waals surface area (Å²) in [5.41, 5.74) is 11.9. The van der Waals surface area contributed by atoms with Crippen LogP contribution >= 0.6 is 0 Å². The van der Waals surface area contributed by atoms with Crippen LogP contribution in [-0.2, 0) is 58.0 Å². The summed E-state index contributed by atoms with van der Waals surface area (Å²) in [4.78, 5) is 49.4. The molecule has 0 atom stereocenters. The van der Waals surface area contributed by atoms with Crippen molar-refractivity contribution in [1.29, 1.82) is 0 Å². The second-order valence-corrected chi connectivity index (χ2v) is 25.2. The van der Waals surface area contributed by atoms with Crippen molar-refractivity contribution in [2.45, 2.75) is 206 Å². The van der Waals surface area contributed by atoms with E-state index in [2.05, 4.69) is 173 Å². The van der Waals surface area contributed by atoms with Crippen molar-refractivity contribution in [3.8, 4) is 23.0 Å². The number of hydrogen-bond donors (Lipinski definition) is 2. The molecule has 0 fully saturated rings. The van der Waals surface area contributed by atoms with Gasteiger partial charge in [-0.25, -0.2) is 0 Å². The van der Waals surface area contributed by atoms with Crippen molar-refractivity contribution in [3.05, 3.63) is 201 Å². The standard InChI is InChI=1S/2C22H30NO.C19H28O3.C18H28O3.CH4/c2*1-5-23(6-2,16-20-13-8-7-9-14-20)17-21(24)15-22-18(3)11-10-12-19(22)4;1-15(2)8-6-4-5-7-9-17(20)12-10-16-11-13-18(21)19(14-16)22-3;1-3-4-5-6-7-8-9-16(19)12-10-15-11-13-17(20)18(14-15)21-2;/h2*7-14H,5-6,15-17H2,1-4H3;6,8,11,13-15,21H,4-5,7,9-10,12H2,1-3H3;11,13-14,20H,3-10,12H2,1-2H3;1H4/q2*+1;;;/b;;8-6+;;. The Bertz CT molecular complexity index is 2920. The number of ketones is 4. The van der Waals surface area contributed by atoms with Gasteiger partial charge < -0.3 is 28.7 Å². The summed E-state index contributed by atoms with van der Waals surface area (Å²) in [6.07, 6.45) is 19.8. The van der Waals surface area contributed by atoms with Crippen LogP contribution in [0.25, 0.3) is 0 Å². The van der Waals surface area contributed by atoms with Crippen LogP contribution < -0.4 is 9.47 Å². The number of carbonyl (C=O) groups excluding carboxylic acids is 4. The average Bonchev–Trinajstić information content (AvgIpc) is 1.16. The summed E-state index contributed by atoms with van der Waals surface area (Å²) in [6.45, 7) is 30.7. The largest absolute Gasteiger partial charge is 0.504 e. The number of likely N-dealkylation sites (N-methyl/N-ethyl adjacent to an activating group) is 2. The van der Waals surface area contributed by atoms with Gasteiger partial charge in [-0.05, 0) is 169 Å². The number of carbonyl (C=O) groups is 4. The number of nitrogens with zero attached hydrogens (tertiary/aromatic N) is 2. The lowest BCUT2D eigenvalue weighted by atomic mass is 9.97. The molecule has 2 N–H and O–H groups in total. The van der Waals surface area contributed by atoms with Crippen LogP contribution in [0.3, 0.4) is 0 Å². The van der Waals surface area contributed by atoms with Crippen LogP contribution in [0.15, 0.2) is 146 Å². The first kappa shape index (κ1) is 81.0. The van der Waals surface area contributed by atoms with Crippen molar-refractivity contribution >= 4 is 23.1 Å². The van der Waals surface area contributed by atoms with Crippen molar-refractivity contribution in [2.24, 2.45) is 5.92 Å². The molecular formula is C82H120N2O8+2. The van der Waals surface area contributed by atoms with Gasteiger partial charge in [0.2, 0.25) is 0 Å². The minimum absolute atomic E-state index is 0. The molecule has 0 unspecified atom stereocenters. The average molecular weight is 1260 g/mol. The maximum atomic E-state index is 12.8. The minimum Gasteiger partial charge on any atom is -0.504 e. The number of ether oxygens (including phenoxy) is 2. The fourth-order valence-electron chi connectivity index (χ4n) is 11.5. The Kier molecular flexibility index (Phi) is 39.8. The molecule has 10 heteroatoms. The van der Waals surface area contributed by atoms with Crippen LogP contribution in [0.1, 0.15) is 195 Å². The first-order valence-electron chi connectivity index (χ1n) is 34.0. The van der Waals surface area contributed by atoms with Crippen LogP contribution in [0, 0.1) is 33.6 Å². The van der Waals surface area contributed by atoms with Gasteiger partial charge in [-0.1, -0.05) is 182 Å². The summed E-state index contributed by atoms with van der Waals surface area (Å²) in [5.74, 6) is 3.12. The molecule has 6 rings (SSSR count). The van der Waals surface area contributed by atoms with Gasteiger partial charge in [-0.15, -0.1) is 0 Å². The zero-order valence-corrected chi connectivity index (χ0v) is 58.3. The smallest absolute Gasteiger partial charge is 0.191 e. The third-order valence-electron chi connectivity index (χ3n) is 17.7. The Morgan fingerprint density at radius 2 is 0.815 bits per heavy atom. The molecule has 0 aliphatic rings. The number of rotatable bonds is 37. The van der Waals surface area contributed by atoms with Gasteiger partial charge in [0.25, 0.3) is 0 Å². The molecule has 0 saturated carbocycles. The number of phenolic OH excluding ortho intramolecular Hbond substituents is 2. The van der Waals surface area contributed by atoms with Gasteiger partial charge in [0.05, 0.1) is 40.4 Å². The number of allylic oxidation sites excluding steroid dienone is 2. The van der Waals surface area contributed by atoms with E-state index in [0.717, 1.165) is 85.0 Å². The molecule has 0 aromatic heterocycles. The van der Waals surface area contributed by atoms with Gasteiger partial charge in [0.15, 0.2) is 34.6 Å². The molecule has 10 nitrogen and oxygen atoms in total. The second-order valence-electron chi connectivity index (χ2n) is 25.2. The van der Waals surface area contributed by atoms with E-state index in [0.29, 0.717) is 105 Å². The highest BCUT2D eigenvalue weighted by molar-refractivity contribution is 5.83. The van der Waals surface area contributed by atoms with Crippen molar-refractivity contribution in [3.63, 3.8) is 0 Å². The maximum absolute atomic E-state index is 12.8. The Labute approximate surface area is 557 Å². The minimum atomic E-state index is 0. The van der Waals surface area contributed by atoms with E-state index in [-0.39, 0.29) is 18.9 Å². The van der Waals surface area contributed by atoms with Crippen molar-refractivity contribution in [1.82, 2.24) is 0 Å². The fourth-order valence-corrected chi connectivity index (χ4v) is 11.5. The predicted molar refractivity (Wildman–Crippen MR) is 385 cm³/mol. The van der Waals surface area contributed by atoms with Crippen LogP contribution in [-0.4, -0.2) is 95.8 Å². The summed E-state index contributed by atoms with van der Waals surface area (Å²) >= 11 is 0. The number of hydrogen-bond acceptors (Lipinski definition) is 8. The molecule has 0 aliphatic heterocycles. The predicted octanol–water partition coefficient (Wildman–Crippen LogP) is 18.9. The molecular weight excluding hydrogens is 1140 g/mol. The highest BCUT2D eigenvalue weighted by Crippen LogP contribution is 2.29. The molecule has 0 aliphatic carbocycles. The highest BCUT2D eigenvalue weighted by atomic mass is 16.5. The Morgan fingerprint density at radius 1 is 0.446 bits per heavy atom. The number of aromatic hydroxyl groups is 2. The number of methoxy groups -OCH3 is 2. The molecule has 0 heterocycles. The van der Waals surface area contributed by atoms with Gasteiger partial charge in [-0.2, -0.15) is 0 Å². The summed E-state index contributed by atoms with van der Waals surface area (Å²) in [5, 5.41) is 19.1. The molecule has 504 valence electrons. The van der Waals surface area contributed by atoms with Gasteiger partial charge in [0.1, 0.15) is 37.7 Å². The van der Waals surface area contributed by atoms with E-state index >= 15 is 0 Å². The Hall–Kier alpha value is -7.14. The normalized spacial score (nSPS) is 11.1. The molecule has 0 amide bonds. The molecule has 0 saturated heterocycles. The summed E-state index contributed by atoms with van der Waals surface area (Å²) in [6, 6.07) is 44.1. The number of phenols is 2. The monoisotopic (exact) mass is 1260 g/mol. The Balaban J connectivity index is 0.000000417. The lowest BCUT2D eigenvalue weighted by Gasteiger charge is -2.36. The molecule has 0 radical (unpaired) electrons. The second kappa shape index (κ2) is 45.2. The van der Waals surface area contributed by atoms with Gasteiger partial charge >= 0.3 is 0 Å². The van der Waals surface area contributed by atoms with Crippen LogP contribution in [0.4, 0.5) is 0 Å². The maximum Gasteiger partial charge on any atom is 0.191 e. The van der Waals surface area contributed by atoms with E-state index < -0.39 is 0 Å². The number of benzene rings is 6. The summed E-state index contributed by atoms with van der Waals surface area (Å²) in [7, 11) is 3.06. The Morgan fingerprint density at radius 3 is 1.17 bits per heavy atom. The fraction of sp³-hybridized carbons (Fsp3) is 0.488. The number of quaternary nitrogens is 2. The SMILES string of the molecule is C.CCCCCCCCC(=O)CCc1ccc(O)c(OC)c1.CC[N+](CC)(CC(=O)Cc1c(C)cccc1C)Cc1ccccc1.CC[N+](CC)(CC(=O)Cc1c(C)cccc1C)Cc1ccccc1.COc1cc(CCC(=O)CCCC/C=C/C(C)C)ccc1O. The van der Waals surface area contributed by atoms with E-state index in [1.54, 1.807) is 24.3 Å². The van der Waals surface area contributed by atoms with E-state index in [9.17, 15) is 29.4 Å². The number of unbranched alkanes of at least 4 members (excludes halogenated alkanes) is 7. The zero-order valence-electron chi connectivity index (χ0n) is 58.3. The molecule has 6 aromatic rings. The molecule has 0 bridgehead atoms. The highest BCUT2D eigenvalue weighted by Gasteiger charge is 2.29. The lowest BCUT2D eigenvalue weighted by molar-refractivity contribution is -0.930. The quantitative estimate of drug-likeness (QED) is 0.0224. The third-order valence-corrected chi connectivity index (χ3v) is 17.7. The molecule has 6 aromatic carbocycles. The lowest BCUT2D eigenvalue weighted by Crippen LogP contribution is -2.50. The summed E-state index contributed by atoms with van der Waals surface area (Å²) < 4.78 is 11.8. The molecule has 92 heavy (non-hydrogen) atoms. The van der Waals surface area contributed by atoms with Crippen molar-refractivity contribution < 1.29 is 47.8 Å². The molecule has 0 spiro atoms. The first-order valence-corrected chi connectivity index (χ1v) is 34.0.